The van der Waals surface area contributed by atoms with E-state index in [0.29, 0.717) is 0 Å². The Kier molecular flexibility index (Phi) is 5.86. The first-order valence-corrected chi connectivity index (χ1v) is 4.78. The monoisotopic (exact) mass is 229 g/mol. The van der Waals surface area contributed by atoms with Gasteiger partial charge >= 0.3 is 0 Å². The molecule has 0 aromatic carbocycles. The van der Waals surface area contributed by atoms with Crippen LogP contribution in [0, 0.1) is 5.92 Å². The van der Waals surface area contributed by atoms with E-state index in [1.807, 2.05) is 0 Å². The van der Waals surface area contributed by atoms with Gasteiger partial charge in [-0.15, -0.1) is 12.4 Å². The zero-order valence-corrected chi connectivity index (χ0v) is 9.12. The molecule has 0 heterocycles. The SMILES string of the molecule is CNCC(F)(F)C(O)C1CCCC1.Cl. The van der Waals surface area contributed by atoms with Gasteiger partial charge in [-0.1, -0.05) is 12.8 Å². The Morgan fingerprint density at radius 1 is 1.43 bits per heavy atom. The molecule has 1 atom stereocenters. The fraction of sp³-hybridized carbons (Fsp3) is 1.00. The van der Waals surface area contributed by atoms with Crippen molar-refractivity contribution >= 4 is 12.4 Å². The van der Waals surface area contributed by atoms with Gasteiger partial charge in [-0.2, -0.15) is 0 Å². The molecule has 5 heteroatoms. The number of aliphatic hydroxyl groups is 1. The minimum absolute atomic E-state index is 0. The number of halogens is 3. The number of hydrogen-bond donors (Lipinski definition) is 2. The van der Waals surface area contributed by atoms with Crippen LogP contribution in [0.4, 0.5) is 8.78 Å². The lowest BCUT2D eigenvalue weighted by molar-refractivity contribution is -0.126. The lowest BCUT2D eigenvalue weighted by atomic mass is 9.95. The molecule has 14 heavy (non-hydrogen) atoms. The third kappa shape index (κ3) is 3.33. The summed E-state index contributed by atoms with van der Waals surface area (Å²) in [4.78, 5) is 0. The molecule has 0 bridgehead atoms. The van der Waals surface area contributed by atoms with Gasteiger partial charge in [-0.05, 0) is 25.8 Å². The number of alkyl halides is 2. The van der Waals surface area contributed by atoms with E-state index in [-0.39, 0.29) is 18.3 Å². The molecule has 2 N–H and O–H groups in total. The van der Waals surface area contributed by atoms with Crippen molar-refractivity contribution in [2.45, 2.75) is 37.7 Å². The maximum atomic E-state index is 13.2. The highest BCUT2D eigenvalue weighted by Crippen LogP contribution is 2.34. The van der Waals surface area contributed by atoms with Crippen LogP contribution in [0.1, 0.15) is 25.7 Å². The molecule has 1 saturated carbocycles. The van der Waals surface area contributed by atoms with Crippen molar-refractivity contribution in [3.05, 3.63) is 0 Å². The van der Waals surface area contributed by atoms with E-state index < -0.39 is 18.6 Å². The Labute approximate surface area is 89.5 Å². The van der Waals surface area contributed by atoms with Crippen molar-refractivity contribution in [2.75, 3.05) is 13.6 Å². The molecule has 0 aromatic heterocycles. The highest BCUT2D eigenvalue weighted by atomic mass is 35.5. The van der Waals surface area contributed by atoms with Crippen LogP contribution >= 0.6 is 12.4 Å². The number of hydrogen-bond acceptors (Lipinski definition) is 2. The van der Waals surface area contributed by atoms with E-state index in [9.17, 15) is 13.9 Å². The average molecular weight is 230 g/mol. The Morgan fingerprint density at radius 2 is 1.93 bits per heavy atom. The molecule has 1 unspecified atom stereocenters. The van der Waals surface area contributed by atoms with Gasteiger partial charge in [0.2, 0.25) is 0 Å². The predicted octanol–water partition coefficient (Wildman–Crippen LogP) is 1.81. The second-order valence-corrected chi connectivity index (χ2v) is 3.78. The van der Waals surface area contributed by atoms with Crippen LogP contribution in [-0.2, 0) is 0 Å². The summed E-state index contributed by atoms with van der Waals surface area (Å²) in [5.41, 5.74) is 0. The molecule has 1 fully saturated rings. The fourth-order valence-corrected chi connectivity index (χ4v) is 1.96. The third-order valence-electron chi connectivity index (χ3n) is 2.69. The fourth-order valence-electron chi connectivity index (χ4n) is 1.96. The van der Waals surface area contributed by atoms with Crippen LogP contribution in [0.3, 0.4) is 0 Å². The van der Waals surface area contributed by atoms with E-state index in [1.54, 1.807) is 0 Å². The molecule has 2 nitrogen and oxygen atoms in total. The Morgan fingerprint density at radius 3 is 2.36 bits per heavy atom. The van der Waals surface area contributed by atoms with Crippen LogP contribution < -0.4 is 5.32 Å². The van der Waals surface area contributed by atoms with Gasteiger partial charge in [0, 0.05) is 0 Å². The molecule has 86 valence electrons. The molecule has 0 radical (unpaired) electrons. The van der Waals surface area contributed by atoms with E-state index in [2.05, 4.69) is 5.32 Å². The van der Waals surface area contributed by atoms with Crippen molar-refractivity contribution in [3.8, 4) is 0 Å². The van der Waals surface area contributed by atoms with Crippen molar-refractivity contribution in [1.29, 1.82) is 0 Å². The lowest BCUT2D eigenvalue weighted by Crippen LogP contribution is -2.45. The minimum Gasteiger partial charge on any atom is -0.387 e. The first-order chi connectivity index (χ1) is 6.08. The van der Waals surface area contributed by atoms with Gasteiger partial charge in [0.25, 0.3) is 5.92 Å². The highest BCUT2D eigenvalue weighted by molar-refractivity contribution is 5.85. The molecular formula is C9H18ClF2NO. The van der Waals surface area contributed by atoms with Gasteiger partial charge in [-0.25, -0.2) is 8.78 Å². The quantitative estimate of drug-likeness (QED) is 0.771. The number of rotatable bonds is 4. The zero-order valence-electron chi connectivity index (χ0n) is 8.30. The van der Waals surface area contributed by atoms with Crippen LogP contribution in [0.15, 0.2) is 0 Å². The smallest absolute Gasteiger partial charge is 0.285 e. The van der Waals surface area contributed by atoms with Crippen molar-refractivity contribution < 1.29 is 13.9 Å². The van der Waals surface area contributed by atoms with Crippen LogP contribution in [0.5, 0.6) is 0 Å². The van der Waals surface area contributed by atoms with Gasteiger partial charge in [-0.3, -0.25) is 0 Å². The molecule has 0 aliphatic heterocycles. The Hall–Kier alpha value is 0.0700. The third-order valence-corrected chi connectivity index (χ3v) is 2.69. The Balaban J connectivity index is 0.00000169. The summed E-state index contributed by atoms with van der Waals surface area (Å²) >= 11 is 0. The summed E-state index contributed by atoms with van der Waals surface area (Å²) in [5, 5.41) is 11.8. The molecule has 0 spiro atoms. The summed E-state index contributed by atoms with van der Waals surface area (Å²) < 4.78 is 26.3. The van der Waals surface area contributed by atoms with Gasteiger partial charge in [0.15, 0.2) is 0 Å². The molecule has 0 saturated heterocycles. The van der Waals surface area contributed by atoms with Crippen molar-refractivity contribution in [3.63, 3.8) is 0 Å². The molecule has 0 amide bonds. The van der Waals surface area contributed by atoms with Crippen LogP contribution in [0.2, 0.25) is 0 Å². The predicted molar refractivity (Wildman–Crippen MR) is 54.1 cm³/mol. The average Bonchev–Trinajstić information content (AvgIpc) is 2.54. The van der Waals surface area contributed by atoms with Crippen molar-refractivity contribution in [2.24, 2.45) is 5.92 Å². The second-order valence-electron chi connectivity index (χ2n) is 3.78. The van der Waals surface area contributed by atoms with E-state index >= 15 is 0 Å². The summed E-state index contributed by atoms with van der Waals surface area (Å²) in [5.74, 6) is -3.19. The second kappa shape index (κ2) is 5.83. The Bertz CT molecular complexity index is 163. The normalized spacial score (nSPS) is 20.6. The summed E-state index contributed by atoms with van der Waals surface area (Å²) in [6.07, 6.45) is 1.94. The summed E-state index contributed by atoms with van der Waals surface area (Å²) in [6, 6.07) is 0. The summed E-state index contributed by atoms with van der Waals surface area (Å²) in [6.45, 7) is -0.440. The van der Waals surface area contributed by atoms with Crippen LogP contribution in [-0.4, -0.2) is 30.7 Å². The van der Waals surface area contributed by atoms with E-state index in [0.717, 1.165) is 25.7 Å². The molecule has 0 aromatic rings. The minimum atomic E-state index is -2.98. The maximum Gasteiger partial charge on any atom is 0.285 e. The topological polar surface area (TPSA) is 32.3 Å². The molecule has 1 aliphatic rings. The molecule has 1 rings (SSSR count). The zero-order chi connectivity index (χ0) is 9.90. The number of nitrogens with one attached hydrogen (secondary N) is 1. The first-order valence-electron chi connectivity index (χ1n) is 4.78. The molecule has 1 aliphatic carbocycles. The van der Waals surface area contributed by atoms with Gasteiger partial charge < -0.3 is 10.4 Å². The van der Waals surface area contributed by atoms with Crippen LogP contribution in [0.25, 0.3) is 0 Å². The van der Waals surface area contributed by atoms with E-state index in [1.165, 1.54) is 7.05 Å². The van der Waals surface area contributed by atoms with Gasteiger partial charge in [0.05, 0.1) is 6.54 Å². The standard InChI is InChI=1S/C9H17F2NO.ClH/c1-12-6-9(10,11)8(13)7-4-2-3-5-7;/h7-8,12-13H,2-6H2,1H3;1H. The largest absolute Gasteiger partial charge is 0.387 e. The first kappa shape index (κ1) is 14.1. The lowest BCUT2D eigenvalue weighted by Gasteiger charge is -2.26. The van der Waals surface area contributed by atoms with E-state index in [4.69, 9.17) is 0 Å². The highest BCUT2D eigenvalue weighted by Gasteiger charge is 2.42. The molecular weight excluding hydrogens is 212 g/mol. The van der Waals surface area contributed by atoms with Crippen molar-refractivity contribution in [1.82, 2.24) is 5.32 Å². The van der Waals surface area contributed by atoms with Gasteiger partial charge in [0.1, 0.15) is 6.10 Å². The maximum absolute atomic E-state index is 13.2. The number of aliphatic hydroxyl groups excluding tert-OH is 1. The summed E-state index contributed by atoms with van der Waals surface area (Å²) in [7, 11) is 1.47.